The highest BCUT2D eigenvalue weighted by Gasteiger charge is 2.31. The van der Waals surface area contributed by atoms with Crippen molar-refractivity contribution in [1.29, 1.82) is 0 Å². The molecule has 0 saturated carbocycles. The summed E-state index contributed by atoms with van der Waals surface area (Å²) in [6, 6.07) is 9.73. The number of fused-ring (bicyclic) bond motifs is 1. The molecule has 11 nitrogen and oxygen atoms in total. The lowest BCUT2D eigenvalue weighted by atomic mass is 9.95. The van der Waals surface area contributed by atoms with Crippen molar-refractivity contribution in [2.45, 2.75) is 25.9 Å². The van der Waals surface area contributed by atoms with Crippen LogP contribution in [0.15, 0.2) is 48.9 Å². The minimum absolute atomic E-state index is 0. The van der Waals surface area contributed by atoms with Crippen LogP contribution in [0.5, 0.6) is 5.75 Å². The number of ether oxygens (including phenoxy) is 1. The van der Waals surface area contributed by atoms with Crippen molar-refractivity contribution < 1.29 is 19.4 Å². The maximum atomic E-state index is 13.1. The third-order valence-electron chi connectivity index (χ3n) is 8.38. The van der Waals surface area contributed by atoms with Crippen LogP contribution < -0.4 is 9.64 Å². The number of benzene rings is 1. The van der Waals surface area contributed by atoms with Crippen molar-refractivity contribution in [3.05, 3.63) is 64.5 Å². The number of anilines is 1. The van der Waals surface area contributed by atoms with Crippen LogP contribution in [0.25, 0.3) is 22.2 Å². The fourth-order valence-corrected chi connectivity index (χ4v) is 6.69. The highest BCUT2D eigenvalue weighted by molar-refractivity contribution is 6.35. The summed E-state index contributed by atoms with van der Waals surface area (Å²) < 4.78 is 6.20. The maximum absolute atomic E-state index is 13.1. The number of carbonyl (C=O) groups excluding carboxylic acids is 1. The molecule has 1 atom stereocenters. The Morgan fingerprint density at radius 3 is 2.33 bits per heavy atom. The Morgan fingerprint density at radius 1 is 1.00 bits per heavy atom. The standard InChI is InChI=1S/C31H33Cl2N7O4.2ClH/c1-19(29-24(32)16-34-17-25(29)33)44-22-3-4-26-23(14-22)30(37-36-26)21-2-5-27(35-15-21)39-10-12-40(13-11-39)31(43)20-6-8-38(9-7-20)18-28(41)42;;/h2-5,14-17,19-20H,6-13,18H2,1H3,(H,36,37)(H,41,42);2*1H/t19-;;/m1../s1. The molecule has 1 amide bonds. The predicted octanol–water partition coefficient (Wildman–Crippen LogP) is 5.76. The number of H-pyrrole nitrogens is 1. The summed E-state index contributed by atoms with van der Waals surface area (Å²) in [7, 11) is 0. The number of piperazine rings is 1. The first kappa shape index (κ1) is 35.5. The fourth-order valence-electron chi connectivity index (χ4n) is 6.02. The number of aromatic nitrogens is 4. The average Bonchev–Trinajstić information content (AvgIpc) is 3.44. The monoisotopic (exact) mass is 709 g/mol. The molecule has 6 rings (SSSR count). The first-order valence-corrected chi connectivity index (χ1v) is 15.4. The lowest BCUT2D eigenvalue weighted by Crippen LogP contribution is -2.52. The molecule has 4 aromatic rings. The van der Waals surface area contributed by atoms with Gasteiger partial charge in [-0.25, -0.2) is 4.98 Å². The number of piperidine rings is 1. The Morgan fingerprint density at radius 2 is 1.70 bits per heavy atom. The topological polar surface area (TPSA) is 128 Å². The Labute approximate surface area is 289 Å². The number of carbonyl (C=O) groups is 2. The van der Waals surface area contributed by atoms with E-state index in [1.807, 2.05) is 53.3 Å². The molecule has 246 valence electrons. The first-order valence-electron chi connectivity index (χ1n) is 14.6. The Hall–Kier alpha value is -3.35. The second kappa shape index (κ2) is 15.5. The molecule has 1 aromatic carbocycles. The van der Waals surface area contributed by atoms with E-state index in [0.29, 0.717) is 73.5 Å². The summed E-state index contributed by atoms with van der Waals surface area (Å²) in [5, 5.41) is 18.4. The van der Waals surface area contributed by atoms with Crippen molar-refractivity contribution in [2.24, 2.45) is 5.92 Å². The van der Waals surface area contributed by atoms with E-state index in [4.69, 9.17) is 38.0 Å². The van der Waals surface area contributed by atoms with Gasteiger partial charge < -0.3 is 19.6 Å². The minimum atomic E-state index is -0.825. The molecule has 2 N–H and O–H groups in total. The summed E-state index contributed by atoms with van der Waals surface area (Å²) in [6.45, 7) is 5.89. The van der Waals surface area contributed by atoms with Gasteiger partial charge in [0.05, 0.1) is 22.1 Å². The average molecular weight is 711 g/mol. The van der Waals surface area contributed by atoms with Crippen LogP contribution in [-0.2, 0) is 9.59 Å². The Bertz CT molecular complexity index is 1640. The summed E-state index contributed by atoms with van der Waals surface area (Å²) in [6.07, 6.45) is 5.94. The number of amides is 1. The van der Waals surface area contributed by atoms with E-state index in [-0.39, 0.29) is 49.3 Å². The van der Waals surface area contributed by atoms with Gasteiger partial charge in [0.25, 0.3) is 0 Å². The predicted molar refractivity (Wildman–Crippen MR) is 183 cm³/mol. The van der Waals surface area contributed by atoms with Crippen LogP contribution in [0.2, 0.25) is 10.0 Å². The number of rotatable bonds is 8. The summed E-state index contributed by atoms with van der Waals surface area (Å²) in [4.78, 5) is 38.9. The molecular weight excluding hydrogens is 676 g/mol. The summed E-state index contributed by atoms with van der Waals surface area (Å²) in [5.74, 6) is 0.825. The molecule has 0 radical (unpaired) electrons. The Balaban J connectivity index is 0.00000240. The molecule has 2 aliphatic rings. The van der Waals surface area contributed by atoms with Gasteiger partial charge in [-0.1, -0.05) is 23.2 Å². The SMILES string of the molecule is C[C@@H](Oc1ccc2[nH]nc(-c3ccc(N4CCN(C(=O)C5CCN(CC(=O)O)CC5)CC4)nc3)c2c1)c1c(Cl)cncc1Cl.Cl.Cl. The van der Waals surface area contributed by atoms with E-state index in [1.165, 1.54) is 0 Å². The van der Waals surface area contributed by atoms with Crippen molar-refractivity contribution >= 4 is 76.6 Å². The van der Waals surface area contributed by atoms with Gasteiger partial charge in [0.2, 0.25) is 5.91 Å². The largest absolute Gasteiger partial charge is 0.486 e. The number of pyridine rings is 2. The highest BCUT2D eigenvalue weighted by atomic mass is 35.5. The molecule has 2 fully saturated rings. The molecule has 0 bridgehead atoms. The van der Waals surface area contributed by atoms with E-state index < -0.39 is 5.97 Å². The zero-order valence-electron chi connectivity index (χ0n) is 25.1. The fraction of sp³-hybridized carbons (Fsp3) is 0.387. The van der Waals surface area contributed by atoms with Gasteiger partial charge in [-0.2, -0.15) is 5.10 Å². The molecule has 15 heteroatoms. The van der Waals surface area contributed by atoms with Crippen LogP contribution in [0.3, 0.4) is 0 Å². The smallest absolute Gasteiger partial charge is 0.317 e. The van der Waals surface area contributed by atoms with Gasteiger partial charge in [-0.05, 0) is 63.2 Å². The maximum Gasteiger partial charge on any atom is 0.317 e. The number of hydrogen-bond donors (Lipinski definition) is 2. The van der Waals surface area contributed by atoms with Crippen LogP contribution >= 0.6 is 48.0 Å². The number of carboxylic acid groups (broad SMARTS) is 1. The van der Waals surface area contributed by atoms with E-state index in [2.05, 4.69) is 20.1 Å². The molecular formula is C31H35Cl4N7O4. The van der Waals surface area contributed by atoms with Crippen LogP contribution in [-0.4, -0.2) is 92.8 Å². The molecule has 2 aliphatic heterocycles. The van der Waals surface area contributed by atoms with Gasteiger partial charge in [0.15, 0.2) is 0 Å². The van der Waals surface area contributed by atoms with E-state index in [0.717, 1.165) is 28.0 Å². The highest BCUT2D eigenvalue weighted by Crippen LogP contribution is 2.35. The van der Waals surface area contributed by atoms with Gasteiger partial charge in [-0.15, -0.1) is 24.8 Å². The number of nitrogens with one attached hydrogen (secondary N) is 1. The zero-order valence-corrected chi connectivity index (χ0v) is 28.2. The van der Waals surface area contributed by atoms with Gasteiger partial charge >= 0.3 is 5.97 Å². The number of nitrogens with zero attached hydrogens (tertiary/aromatic N) is 6. The number of hydrogen-bond acceptors (Lipinski definition) is 8. The van der Waals surface area contributed by atoms with Crippen molar-refractivity contribution in [3.63, 3.8) is 0 Å². The summed E-state index contributed by atoms with van der Waals surface area (Å²) >= 11 is 12.7. The van der Waals surface area contributed by atoms with Gasteiger partial charge in [-0.3, -0.25) is 24.6 Å². The number of carboxylic acids is 1. The third kappa shape index (κ3) is 7.78. The van der Waals surface area contributed by atoms with E-state index >= 15 is 0 Å². The normalized spacial score (nSPS) is 16.4. The minimum Gasteiger partial charge on any atom is -0.486 e. The van der Waals surface area contributed by atoms with Crippen LogP contribution in [0.4, 0.5) is 5.82 Å². The van der Waals surface area contributed by atoms with Crippen LogP contribution in [0, 0.1) is 5.92 Å². The number of aromatic amines is 1. The second-order valence-corrected chi connectivity index (χ2v) is 12.0. The van der Waals surface area contributed by atoms with Crippen molar-refractivity contribution in [2.75, 3.05) is 50.7 Å². The third-order valence-corrected chi connectivity index (χ3v) is 8.98. The first-order chi connectivity index (χ1) is 21.3. The molecule has 0 unspecified atom stereocenters. The van der Waals surface area contributed by atoms with Crippen LogP contribution in [0.1, 0.15) is 31.4 Å². The molecule has 0 spiro atoms. The molecule has 2 saturated heterocycles. The zero-order chi connectivity index (χ0) is 30.8. The Kier molecular flexibility index (Phi) is 12.0. The molecule has 46 heavy (non-hydrogen) atoms. The molecule has 3 aromatic heterocycles. The number of aliphatic carboxylic acids is 1. The van der Waals surface area contributed by atoms with E-state index in [9.17, 15) is 9.59 Å². The number of halogens is 4. The lowest BCUT2D eigenvalue weighted by molar-refractivity contribution is -0.139. The summed E-state index contributed by atoms with van der Waals surface area (Å²) in [5.41, 5.74) is 3.19. The van der Waals surface area contributed by atoms with E-state index in [1.54, 1.807) is 12.4 Å². The molecule has 5 heterocycles. The van der Waals surface area contributed by atoms with Gasteiger partial charge in [0.1, 0.15) is 23.4 Å². The van der Waals surface area contributed by atoms with Gasteiger partial charge in [0, 0.05) is 67.2 Å². The quantitative estimate of drug-likeness (QED) is 0.235. The second-order valence-electron chi connectivity index (χ2n) is 11.2. The molecule has 0 aliphatic carbocycles. The van der Waals surface area contributed by atoms with Crippen molar-refractivity contribution in [3.8, 4) is 17.0 Å². The lowest BCUT2D eigenvalue weighted by Gasteiger charge is -2.38. The number of likely N-dealkylation sites (tertiary alicyclic amines) is 1. The van der Waals surface area contributed by atoms with Crippen molar-refractivity contribution in [1.82, 2.24) is 30.0 Å².